The van der Waals surface area contributed by atoms with Crippen LogP contribution in [0, 0.1) is 25.5 Å². The zero-order valence-corrected chi connectivity index (χ0v) is 15.7. The molecule has 0 radical (unpaired) electrons. The quantitative estimate of drug-likeness (QED) is 0.686. The van der Waals surface area contributed by atoms with Crippen molar-refractivity contribution in [1.29, 1.82) is 0 Å². The summed E-state index contributed by atoms with van der Waals surface area (Å²) < 4.78 is 29.6. The summed E-state index contributed by atoms with van der Waals surface area (Å²) in [5, 5.41) is 8.81. The maximum Gasteiger partial charge on any atom is 0.307 e. The van der Waals surface area contributed by atoms with Crippen LogP contribution >= 0.6 is 0 Å². The molecule has 0 aliphatic carbocycles. The fraction of sp³-hybridized carbons (Fsp3) is 0.143. The number of hydrogen-bond donors (Lipinski definition) is 2. The van der Waals surface area contributed by atoms with Gasteiger partial charge < -0.3 is 10.8 Å². The predicted molar refractivity (Wildman–Crippen MR) is 102 cm³/mol. The van der Waals surface area contributed by atoms with E-state index in [1.807, 2.05) is 0 Å². The van der Waals surface area contributed by atoms with Gasteiger partial charge in [0, 0.05) is 5.56 Å². The molecule has 3 aromatic rings. The average Bonchev–Trinajstić information content (AvgIpc) is 2.61. The Balaban J connectivity index is 2.06. The van der Waals surface area contributed by atoms with Crippen molar-refractivity contribution in [1.82, 2.24) is 9.97 Å². The molecule has 0 atom stereocenters. The molecular formula is C21H17F2N3O3. The third kappa shape index (κ3) is 4.11. The number of nitrogens with two attached hydrogens (primary N) is 1. The second-order valence-electron chi connectivity index (χ2n) is 6.54. The van der Waals surface area contributed by atoms with E-state index < -0.39 is 23.5 Å². The molecule has 0 aliphatic heterocycles. The van der Waals surface area contributed by atoms with Gasteiger partial charge in [0.25, 0.3) is 5.91 Å². The monoisotopic (exact) mass is 397 g/mol. The highest BCUT2D eigenvalue weighted by atomic mass is 19.1. The number of rotatable bonds is 5. The van der Waals surface area contributed by atoms with E-state index in [-0.39, 0.29) is 34.5 Å². The number of nitrogens with zero attached hydrogens (tertiary/aromatic N) is 2. The van der Waals surface area contributed by atoms with Crippen LogP contribution in [0.5, 0.6) is 0 Å². The van der Waals surface area contributed by atoms with E-state index >= 15 is 0 Å². The Morgan fingerprint density at radius 1 is 0.966 bits per heavy atom. The van der Waals surface area contributed by atoms with Crippen molar-refractivity contribution in [3.05, 3.63) is 70.7 Å². The molecule has 8 heteroatoms. The summed E-state index contributed by atoms with van der Waals surface area (Å²) in [5.74, 6) is -3.43. The van der Waals surface area contributed by atoms with Crippen LogP contribution in [0.1, 0.15) is 27.4 Å². The topological polar surface area (TPSA) is 106 Å². The minimum absolute atomic E-state index is 0.0653. The van der Waals surface area contributed by atoms with E-state index in [1.54, 1.807) is 13.8 Å². The van der Waals surface area contributed by atoms with Crippen molar-refractivity contribution in [3.8, 4) is 22.4 Å². The van der Waals surface area contributed by atoms with Crippen LogP contribution in [0.25, 0.3) is 22.4 Å². The smallest absolute Gasteiger partial charge is 0.307 e. The van der Waals surface area contributed by atoms with Gasteiger partial charge in [0.05, 0.1) is 29.1 Å². The molecule has 0 unspecified atom stereocenters. The molecule has 0 aliphatic rings. The Hall–Kier alpha value is -3.68. The van der Waals surface area contributed by atoms with Gasteiger partial charge in [-0.1, -0.05) is 24.3 Å². The number of aromatic nitrogens is 2. The zero-order valence-electron chi connectivity index (χ0n) is 15.7. The minimum Gasteiger partial charge on any atom is -0.481 e. The molecule has 0 bridgehead atoms. The molecule has 0 saturated heterocycles. The third-order valence-electron chi connectivity index (χ3n) is 4.39. The first-order chi connectivity index (χ1) is 13.7. The number of aliphatic carboxylic acids is 1. The van der Waals surface area contributed by atoms with Crippen molar-refractivity contribution in [3.63, 3.8) is 0 Å². The molecular weight excluding hydrogens is 380 g/mol. The first-order valence-electron chi connectivity index (χ1n) is 8.63. The fourth-order valence-corrected chi connectivity index (χ4v) is 3.09. The van der Waals surface area contributed by atoms with Crippen LogP contribution in [0.15, 0.2) is 36.4 Å². The maximum absolute atomic E-state index is 14.8. The summed E-state index contributed by atoms with van der Waals surface area (Å²) in [4.78, 5) is 30.6. The summed E-state index contributed by atoms with van der Waals surface area (Å²) in [6.45, 7) is 3.19. The van der Waals surface area contributed by atoms with E-state index in [0.29, 0.717) is 17.0 Å². The fourth-order valence-electron chi connectivity index (χ4n) is 3.09. The standard InChI is InChI=1S/C21H17F2N3O3/c1-10-19(26-20(21(24)29)11(2)25-10)14-8-15(22)18(16(23)9-14)13-5-3-12(4-6-13)7-17(27)28/h3-6,8-9H,7H2,1-2H3,(H2,24,29)(H,27,28). The van der Waals surface area contributed by atoms with Crippen molar-refractivity contribution in [2.24, 2.45) is 5.73 Å². The van der Waals surface area contributed by atoms with Gasteiger partial charge in [-0.25, -0.2) is 13.8 Å². The molecule has 0 fully saturated rings. The Morgan fingerprint density at radius 2 is 1.55 bits per heavy atom. The number of primary amides is 1. The summed E-state index contributed by atoms with van der Waals surface area (Å²) in [7, 11) is 0. The van der Waals surface area contributed by atoms with E-state index in [2.05, 4.69) is 9.97 Å². The van der Waals surface area contributed by atoms with Gasteiger partial charge in [0.2, 0.25) is 0 Å². The maximum atomic E-state index is 14.8. The largest absolute Gasteiger partial charge is 0.481 e. The van der Waals surface area contributed by atoms with E-state index in [1.165, 1.54) is 24.3 Å². The lowest BCUT2D eigenvalue weighted by Gasteiger charge is -2.12. The second-order valence-corrected chi connectivity index (χ2v) is 6.54. The minimum atomic E-state index is -0.996. The lowest BCUT2D eigenvalue weighted by molar-refractivity contribution is -0.136. The molecule has 3 rings (SSSR count). The summed E-state index contributed by atoms with van der Waals surface area (Å²) in [6.07, 6.45) is -0.183. The molecule has 1 aromatic heterocycles. The second kappa shape index (κ2) is 7.75. The van der Waals surface area contributed by atoms with Crippen molar-refractivity contribution >= 4 is 11.9 Å². The molecule has 29 heavy (non-hydrogen) atoms. The van der Waals surface area contributed by atoms with E-state index in [9.17, 15) is 18.4 Å². The molecule has 0 spiro atoms. The highest BCUT2D eigenvalue weighted by molar-refractivity contribution is 5.92. The zero-order chi connectivity index (χ0) is 21.3. The highest BCUT2D eigenvalue weighted by Gasteiger charge is 2.19. The number of carboxylic acids is 1. The molecule has 3 N–H and O–H groups in total. The molecule has 6 nitrogen and oxygen atoms in total. The van der Waals surface area contributed by atoms with Gasteiger partial charge in [-0.15, -0.1) is 0 Å². The molecule has 1 amide bonds. The van der Waals surface area contributed by atoms with Gasteiger partial charge in [-0.2, -0.15) is 0 Å². The lowest BCUT2D eigenvalue weighted by atomic mass is 9.99. The van der Waals surface area contributed by atoms with E-state index in [4.69, 9.17) is 10.8 Å². The number of halogens is 2. The van der Waals surface area contributed by atoms with Crippen molar-refractivity contribution in [2.45, 2.75) is 20.3 Å². The van der Waals surface area contributed by atoms with Crippen LogP contribution in [-0.4, -0.2) is 27.0 Å². The van der Waals surface area contributed by atoms with Crippen LogP contribution in [0.2, 0.25) is 0 Å². The lowest BCUT2D eigenvalue weighted by Crippen LogP contribution is -2.17. The molecule has 148 valence electrons. The Kier molecular flexibility index (Phi) is 5.36. The summed E-state index contributed by atoms with van der Waals surface area (Å²) >= 11 is 0. The summed E-state index contributed by atoms with van der Waals surface area (Å²) in [5.41, 5.74) is 6.77. The van der Waals surface area contributed by atoms with Gasteiger partial charge in [-0.3, -0.25) is 14.6 Å². The van der Waals surface area contributed by atoms with Crippen LogP contribution in [-0.2, 0) is 11.2 Å². The van der Waals surface area contributed by atoms with Gasteiger partial charge in [0.1, 0.15) is 17.3 Å². The third-order valence-corrected chi connectivity index (χ3v) is 4.39. The molecule has 2 aromatic carbocycles. The van der Waals surface area contributed by atoms with E-state index in [0.717, 1.165) is 12.1 Å². The number of carboxylic acid groups (broad SMARTS) is 1. The Bertz CT molecular complexity index is 1110. The average molecular weight is 397 g/mol. The predicted octanol–water partition coefficient (Wildman–Crippen LogP) is 3.43. The number of hydrogen-bond acceptors (Lipinski definition) is 4. The highest BCUT2D eigenvalue weighted by Crippen LogP contribution is 2.31. The van der Waals surface area contributed by atoms with Crippen molar-refractivity contribution < 1.29 is 23.5 Å². The molecule has 0 saturated carbocycles. The van der Waals surface area contributed by atoms with Crippen LogP contribution < -0.4 is 5.73 Å². The molecule has 1 heterocycles. The number of carbonyl (C=O) groups is 2. The Morgan fingerprint density at radius 3 is 2.07 bits per heavy atom. The number of carbonyl (C=O) groups excluding carboxylic acids is 1. The van der Waals surface area contributed by atoms with Crippen molar-refractivity contribution in [2.75, 3.05) is 0 Å². The normalized spacial score (nSPS) is 10.8. The van der Waals surface area contributed by atoms with Gasteiger partial charge in [-0.05, 0) is 37.1 Å². The first-order valence-corrected chi connectivity index (χ1v) is 8.63. The SMILES string of the molecule is Cc1nc(C)c(-c2cc(F)c(-c3ccc(CC(=O)O)cc3)c(F)c2)nc1C(N)=O. The van der Waals surface area contributed by atoms with Crippen LogP contribution in [0.4, 0.5) is 8.78 Å². The Labute approximate surface area is 165 Å². The number of amides is 1. The van der Waals surface area contributed by atoms with Gasteiger partial charge in [0.15, 0.2) is 0 Å². The van der Waals surface area contributed by atoms with Crippen LogP contribution in [0.3, 0.4) is 0 Å². The van der Waals surface area contributed by atoms with Gasteiger partial charge >= 0.3 is 5.97 Å². The summed E-state index contributed by atoms with van der Waals surface area (Å²) in [6, 6.07) is 8.15. The number of benzene rings is 2. The number of aryl methyl sites for hydroxylation is 2. The first kappa shape index (κ1) is 20.1.